The molecule has 0 radical (unpaired) electrons. The first kappa shape index (κ1) is 8.06. The molecule has 1 rings (SSSR count). The van der Waals surface area contributed by atoms with E-state index >= 15 is 0 Å². The van der Waals surface area contributed by atoms with Crippen LogP contribution in [0.3, 0.4) is 0 Å². The van der Waals surface area contributed by atoms with Crippen molar-refractivity contribution in [1.29, 1.82) is 0 Å². The highest BCUT2D eigenvalue weighted by Gasteiger charge is 2.09. The molecule has 3 N–H and O–H groups in total. The van der Waals surface area contributed by atoms with Gasteiger partial charge in [-0.2, -0.15) is 5.10 Å². The smallest absolute Gasteiger partial charge is 0.189 e. The van der Waals surface area contributed by atoms with E-state index in [0.717, 1.165) is 0 Å². The van der Waals surface area contributed by atoms with Gasteiger partial charge in [0.25, 0.3) is 0 Å². The summed E-state index contributed by atoms with van der Waals surface area (Å²) in [6.07, 6.45) is 1.58. The van der Waals surface area contributed by atoms with Crippen LogP contribution >= 0.6 is 15.9 Å². The van der Waals surface area contributed by atoms with E-state index in [1.54, 1.807) is 13.2 Å². The van der Waals surface area contributed by atoms with Crippen LogP contribution in [0.1, 0.15) is 5.69 Å². The normalized spacial score (nSPS) is 12.0. The van der Waals surface area contributed by atoms with Crippen molar-refractivity contribution in [2.24, 2.45) is 17.9 Å². The molecular formula is C5H7BrN4O. The molecular weight excluding hydrogens is 212 g/mol. The number of amidine groups is 1. The molecule has 1 heterocycles. The quantitative estimate of drug-likeness (QED) is 0.308. The van der Waals surface area contributed by atoms with Gasteiger partial charge in [0, 0.05) is 7.05 Å². The zero-order valence-corrected chi connectivity index (χ0v) is 7.41. The van der Waals surface area contributed by atoms with E-state index < -0.39 is 0 Å². The maximum absolute atomic E-state index is 8.36. The van der Waals surface area contributed by atoms with Gasteiger partial charge in [0.05, 0.1) is 10.7 Å². The Balaban J connectivity index is 3.21. The number of rotatable bonds is 1. The minimum absolute atomic E-state index is 0.0388. The van der Waals surface area contributed by atoms with Crippen molar-refractivity contribution in [3.8, 4) is 0 Å². The van der Waals surface area contributed by atoms with Crippen LogP contribution in [0.2, 0.25) is 0 Å². The number of oxime groups is 1. The van der Waals surface area contributed by atoms with E-state index in [0.29, 0.717) is 10.2 Å². The summed E-state index contributed by atoms with van der Waals surface area (Å²) in [6.45, 7) is 0. The predicted octanol–water partition coefficient (Wildman–Crippen LogP) is 0.277. The van der Waals surface area contributed by atoms with Crippen molar-refractivity contribution in [2.75, 3.05) is 0 Å². The third-order valence-corrected chi connectivity index (χ3v) is 1.82. The van der Waals surface area contributed by atoms with Crippen LogP contribution in [0.25, 0.3) is 0 Å². The van der Waals surface area contributed by atoms with Crippen LogP contribution in [0.15, 0.2) is 15.8 Å². The molecule has 0 aliphatic rings. The Morgan fingerprint density at radius 2 is 2.55 bits per heavy atom. The van der Waals surface area contributed by atoms with Gasteiger partial charge in [-0.3, -0.25) is 4.68 Å². The van der Waals surface area contributed by atoms with Gasteiger partial charge in [-0.25, -0.2) is 0 Å². The maximum Gasteiger partial charge on any atom is 0.189 e. The van der Waals surface area contributed by atoms with Gasteiger partial charge in [0.1, 0.15) is 5.69 Å². The second-order valence-electron chi connectivity index (χ2n) is 1.95. The van der Waals surface area contributed by atoms with Crippen LogP contribution in [0, 0.1) is 0 Å². The molecule has 11 heavy (non-hydrogen) atoms. The number of aryl methyl sites for hydroxylation is 1. The molecule has 5 nitrogen and oxygen atoms in total. The largest absolute Gasteiger partial charge is 0.409 e. The monoisotopic (exact) mass is 218 g/mol. The van der Waals surface area contributed by atoms with Gasteiger partial charge < -0.3 is 10.9 Å². The Morgan fingerprint density at radius 3 is 2.91 bits per heavy atom. The summed E-state index contributed by atoms with van der Waals surface area (Å²) in [5, 5.41) is 15.1. The first-order valence-electron chi connectivity index (χ1n) is 2.82. The molecule has 0 amide bonds. The number of hydrogen-bond acceptors (Lipinski definition) is 3. The van der Waals surface area contributed by atoms with Crippen molar-refractivity contribution in [3.05, 3.63) is 16.4 Å². The average Bonchev–Trinajstić information content (AvgIpc) is 2.30. The predicted molar refractivity (Wildman–Crippen MR) is 43.4 cm³/mol. The van der Waals surface area contributed by atoms with Gasteiger partial charge in [-0.05, 0) is 15.9 Å². The van der Waals surface area contributed by atoms with Gasteiger partial charge >= 0.3 is 0 Å². The lowest BCUT2D eigenvalue weighted by Gasteiger charge is -1.98. The zero-order chi connectivity index (χ0) is 8.43. The van der Waals surface area contributed by atoms with Gasteiger partial charge in [-0.15, -0.1) is 0 Å². The van der Waals surface area contributed by atoms with Crippen molar-refractivity contribution >= 4 is 21.8 Å². The maximum atomic E-state index is 8.36. The van der Waals surface area contributed by atoms with Crippen LogP contribution < -0.4 is 5.73 Å². The molecule has 1 aromatic heterocycles. The van der Waals surface area contributed by atoms with Crippen LogP contribution in [-0.2, 0) is 7.05 Å². The number of hydrogen-bond donors (Lipinski definition) is 2. The number of halogens is 1. The first-order chi connectivity index (χ1) is 5.16. The SMILES string of the molecule is Cn1ncc(Br)c1/C(N)=N/O. The molecule has 0 unspecified atom stereocenters. The highest BCUT2D eigenvalue weighted by molar-refractivity contribution is 9.10. The fourth-order valence-corrected chi connectivity index (χ4v) is 1.30. The summed E-state index contributed by atoms with van der Waals surface area (Å²) in [6, 6.07) is 0. The number of nitrogens with zero attached hydrogens (tertiary/aromatic N) is 3. The Labute approximate surface area is 71.6 Å². The standard InChI is InChI=1S/C5H7BrN4O/c1-10-4(5(7)9-11)3(6)2-8-10/h2,11H,1H3,(H2,7,9). The van der Waals surface area contributed by atoms with Gasteiger partial charge in [0.15, 0.2) is 5.84 Å². The molecule has 0 fully saturated rings. The molecule has 0 aliphatic carbocycles. The summed E-state index contributed by atoms with van der Waals surface area (Å²) in [7, 11) is 1.71. The van der Waals surface area contributed by atoms with E-state index in [4.69, 9.17) is 10.9 Å². The Hall–Kier alpha value is -1.04. The summed E-state index contributed by atoms with van der Waals surface area (Å²) in [4.78, 5) is 0. The van der Waals surface area contributed by atoms with E-state index in [1.165, 1.54) is 4.68 Å². The molecule has 0 atom stereocenters. The summed E-state index contributed by atoms with van der Waals surface area (Å²) < 4.78 is 2.22. The van der Waals surface area contributed by atoms with Crippen molar-refractivity contribution < 1.29 is 5.21 Å². The molecule has 0 spiro atoms. The molecule has 0 saturated carbocycles. The molecule has 0 aliphatic heterocycles. The van der Waals surface area contributed by atoms with Crippen molar-refractivity contribution in [2.45, 2.75) is 0 Å². The Bertz CT molecular complexity index is 273. The Kier molecular flexibility index (Phi) is 2.13. The first-order valence-corrected chi connectivity index (χ1v) is 3.61. The minimum atomic E-state index is 0.0388. The van der Waals surface area contributed by atoms with Crippen LogP contribution in [0.4, 0.5) is 0 Å². The van der Waals surface area contributed by atoms with Crippen molar-refractivity contribution in [1.82, 2.24) is 9.78 Å². The lowest BCUT2D eigenvalue weighted by molar-refractivity contribution is 0.318. The molecule has 0 bridgehead atoms. The topological polar surface area (TPSA) is 76.4 Å². The second-order valence-corrected chi connectivity index (χ2v) is 2.80. The van der Waals surface area contributed by atoms with Crippen molar-refractivity contribution in [3.63, 3.8) is 0 Å². The lowest BCUT2D eigenvalue weighted by Crippen LogP contribution is -2.17. The highest BCUT2D eigenvalue weighted by atomic mass is 79.9. The minimum Gasteiger partial charge on any atom is -0.409 e. The Morgan fingerprint density at radius 1 is 1.91 bits per heavy atom. The summed E-state index contributed by atoms with van der Waals surface area (Å²) in [5.41, 5.74) is 5.91. The van der Waals surface area contributed by atoms with E-state index in [-0.39, 0.29) is 5.84 Å². The van der Waals surface area contributed by atoms with Crippen LogP contribution in [-0.4, -0.2) is 20.8 Å². The van der Waals surface area contributed by atoms with Gasteiger partial charge in [-0.1, -0.05) is 5.16 Å². The fourth-order valence-electron chi connectivity index (χ4n) is 0.746. The third-order valence-electron chi connectivity index (χ3n) is 1.24. The zero-order valence-electron chi connectivity index (χ0n) is 5.82. The van der Waals surface area contributed by atoms with E-state index in [1.807, 2.05) is 0 Å². The van der Waals surface area contributed by atoms with E-state index in [9.17, 15) is 0 Å². The van der Waals surface area contributed by atoms with Gasteiger partial charge in [0.2, 0.25) is 0 Å². The molecule has 1 aromatic rings. The second kappa shape index (κ2) is 2.91. The average molecular weight is 219 g/mol. The number of nitrogens with two attached hydrogens (primary N) is 1. The highest BCUT2D eigenvalue weighted by Crippen LogP contribution is 2.13. The lowest BCUT2D eigenvalue weighted by atomic mass is 10.4. The summed E-state index contributed by atoms with van der Waals surface area (Å²) >= 11 is 3.20. The fraction of sp³-hybridized carbons (Fsp3) is 0.200. The summed E-state index contributed by atoms with van der Waals surface area (Å²) in [5.74, 6) is 0.0388. The molecule has 6 heteroatoms. The molecule has 0 aromatic carbocycles. The molecule has 60 valence electrons. The molecule has 0 saturated heterocycles. The third kappa shape index (κ3) is 1.35. The van der Waals surface area contributed by atoms with Crippen LogP contribution in [0.5, 0.6) is 0 Å². The van der Waals surface area contributed by atoms with E-state index in [2.05, 4.69) is 26.2 Å². The number of aromatic nitrogens is 2.